The van der Waals surface area contributed by atoms with Gasteiger partial charge in [0.1, 0.15) is 40.6 Å². The molecule has 4 aliphatic rings. The lowest BCUT2D eigenvalue weighted by atomic mass is 9.99. The van der Waals surface area contributed by atoms with Gasteiger partial charge in [-0.15, -0.1) is 4.31 Å². The lowest BCUT2D eigenvalue weighted by Gasteiger charge is -2.36. The van der Waals surface area contributed by atoms with Crippen molar-refractivity contribution in [3.05, 3.63) is 113 Å². The monoisotopic (exact) mass is 1050 g/mol. The molecule has 0 radical (unpaired) electrons. The van der Waals surface area contributed by atoms with Crippen LogP contribution in [0.25, 0.3) is 22.2 Å². The zero-order valence-corrected chi connectivity index (χ0v) is 43.4. The van der Waals surface area contributed by atoms with E-state index in [1.54, 1.807) is 31.7 Å². The van der Waals surface area contributed by atoms with Crippen molar-refractivity contribution in [2.45, 2.75) is 104 Å². The smallest absolute Gasteiger partial charge is 0.458 e. The molecule has 0 spiro atoms. The Morgan fingerprint density at radius 3 is 2.27 bits per heavy atom. The van der Waals surface area contributed by atoms with Gasteiger partial charge in [0.2, 0.25) is 17.6 Å². The number of nitrogens with zero attached hydrogens (tertiary/aromatic N) is 7. The Labute approximate surface area is 435 Å². The number of piperidine rings is 1. The van der Waals surface area contributed by atoms with Crippen LogP contribution in [0.5, 0.6) is 0 Å². The maximum Gasteiger partial charge on any atom is 0.458 e. The summed E-state index contributed by atoms with van der Waals surface area (Å²) in [6, 6.07) is 16.1. The normalized spacial score (nSPS) is 19.1. The fourth-order valence-electron chi connectivity index (χ4n) is 9.79. The third kappa shape index (κ3) is 11.4. The number of piperazine rings is 1. The van der Waals surface area contributed by atoms with Gasteiger partial charge >= 0.3 is 12.2 Å². The van der Waals surface area contributed by atoms with Crippen molar-refractivity contribution in [1.82, 2.24) is 29.0 Å². The van der Waals surface area contributed by atoms with E-state index in [1.165, 1.54) is 27.0 Å². The van der Waals surface area contributed by atoms with E-state index >= 15 is 8.78 Å². The molecule has 1 N–H and O–H groups in total. The number of benzene rings is 3. The highest BCUT2D eigenvalue weighted by atomic mass is 32.2. The Bertz CT molecular complexity index is 3080. The van der Waals surface area contributed by atoms with E-state index in [0.29, 0.717) is 34.0 Å². The van der Waals surface area contributed by atoms with E-state index in [9.17, 15) is 37.7 Å². The molecule has 0 saturated carbocycles. The highest BCUT2D eigenvalue weighted by Crippen LogP contribution is 2.36. The molecule has 3 fully saturated rings. The average molecular weight is 1050 g/mol. The molecule has 4 amide bonds. The van der Waals surface area contributed by atoms with Crippen molar-refractivity contribution in [3.63, 3.8) is 0 Å². The molecule has 3 saturated heterocycles. The molecule has 396 valence electrons. The minimum Gasteiger partial charge on any atom is -0.573 e. The number of carbonyl (C=O) groups is 6. The van der Waals surface area contributed by atoms with E-state index in [2.05, 4.69) is 20.1 Å². The Morgan fingerprint density at radius 2 is 1.60 bits per heavy atom. The van der Waals surface area contributed by atoms with Crippen LogP contribution in [-0.2, 0) is 43.6 Å². The van der Waals surface area contributed by atoms with Crippen LogP contribution in [-0.4, -0.2) is 133 Å². The number of alkyl halides is 1. The number of hydrogen-bond donors (Lipinski definition) is 1. The molecule has 3 unspecified atom stereocenters. The summed E-state index contributed by atoms with van der Waals surface area (Å²) in [5.41, 5.74) is 0.475. The third-order valence-corrected chi connectivity index (χ3v) is 14.9. The first-order chi connectivity index (χ1) is 35.5. The Morgan fingerprint density at radius 1 is 0.880 bits per heavy atom. The highest BCUT2D eigenvalue weighted by Gasteiger charge is 2.44. The molecule has 75 heavy (non-hydrogen) atoms. The Kier molecular flexibility index (Phi) is 14.9. The maximum atomic E-state index is 16.9. The van der Waals surface area contributed by atoms with Gasteiger partial charge in [-0.25, -0.2) is 32.3 Å². The maximum absolute atomic E-state index is 16.9. The molecule has 17 nitrogen and oxygen atoms in total. The molecule has 4 aliphatic heterocycles. The summed E-state index contributed by atoms with van der Waals surface area (Å²) in [6.45, 7) is 13.7. The van der Waals surface area contributed by atoms with E-state index in [4.69, 9.17) is 9.47 Å². The predicted molar refractivity (Wildman–Crippen MR) is 274 cm³/mol. The second kappa shape index (κ2) is 21.1. The van der Waals surface area contributed by atoms with Gasteiger partial charge in [0, 0.05) is 80.3 Å². The molecule has 3 aromatic carbocycles. The number of halogens is 3. The lowest BCUT2D eigenvalue weighted by Crippen LogP contribution is -2.52. The van der Waals surface area contributed by atoms with E-state index in [-0.39, 0.29) is 54.3 Å². The van der Waals surface area contributed by atoms with Crippen LogP contribution in [0.2, 0.25) is 0 Å². The second-order valence-electron chi connectivity index (χ2n) is 21.2. The number of hydrogen-bond acceptors (Lipinski definition) is 13. The van der Waals surface area contributed by atoms with Gasteiger partial charge in [0.05, 0.1) is 17.7 Å². The van der Waals surface area contributed by atoms with Gasteiger partial charge in [-0.2, -0.15) is 0 Å². The lowest BCUT2D eigenvalue weighted by molar-refractivity contribution is -0.136. The number of aryl methyl sites for hydroxylation is 1. The molecule has 0 aliphatic carbocycles. The standard InChI is InChI=1S/C54H59F3N8O9S/c1-53(2,3)73-51(70)64-31-40(47(67)45-41(56)15-16-42(46(45)57)65(52(71)74-54(4,5)6)75(72)62-21-19-36(55)30-62)39-27-34(28-58-48(39)64)33-11-9-32(10-12-33)8-7-20-60-22-24-61(25-23-60)37-13-14-38-35(26-37)29-63(50(38)69)43-17-18-44(66)59-49(43)68/h9-16,26-28,31,36,43H,7-8,17-25,29-30H2,1-6H3,(H,59,66,68). The highest BCUT2D eigenvalue weighted by molar-refractivity contribution is 7.91. The summed E-state index contributed by atoms with van der Waals surface area (Å²) in [5, 5.41) is 2.42. The molecule has 6 heterocycles. The van der Waals surface area contributed by atoms with Crippen LogP contribution in [0, 0.1) is 11.6 Å². The first-order valence-electron chi connectivity index (χ1n) is 25.0. The topological polar surface area (TPSA) is 190 Å². The summed E-state index contributed by atoms with van der Waals surface area (Å²) in [4.78, 5) is 90.0. The van der Waals surface area contributed by atoms with Crippen LogP contribution < -0.4 is 14.5 Å². The molecular weight excluding hydrogens is 994 g/mol. The fraction of sp³-hybridized carbons (Fsp3) is 0.426. The number of anilines is 2. The number of nitrogens with one attached hydrogen (secondary N) is 1. The first-order valence-corrected chi connectivity index (χ1v) is 26.1. The van der Waals surface area contributed by atoms with E-state index in [1.807, 2.05) is 42.5 Å². The number of fused-ring (bicyclic) bond motifs is 2. The molecule has 2 aromatic heterocycles. The number of imide groups is 1. The molecule has 3 atom stereocenters. The van der Waals surface area contributed by atoms with Crippen molar-refractivity contribution in [1.29, 1.82) is 0 Å². The number of amides is 4. The van der Waals surface area contributed by atoms with Crippen molar-refractivity contribution in [3.8, 4) is 11.1 Å². The van der Waals surface area contributed by atoms with Gasteiger partial charge in [0.15, 0.2) is 17.4 Å². The molecule has 21 heteroatoms. The Balaban J connectivity index is 0.889. The summed E-state index contributed by atoms with van der Waals surface area (Å²) < 4.78 is 74.6. The van der Waals surface area contributed by atoms with Crippen molar-refractivity contribution >= 4 is 69.6 Å². The van der Waals surface area contributed by atoms with Crippen LogP contribution in [0.4, 0.5) is 34.1 Å². The van der Waals surface area contributed by atoms with Crippen LogP contribution >= 0.6 is 0 Å². The van der Waals surface area contributed by atoms with Crippen molar-refractivity contribution in [2.75, 3.05) is 55.0 Å². The minimum absolute atomic E-state index is 0.0101. The summed E-state index contributed by atoms with van der Waals surface area (Å²) in [6.07, 6.45) is 1.28. The number of ether oxygens (including phenoxy) is 2. The zero-order chi connectivity index (χ0) is 53.7. The molecular formula is C54H59F3N8O9S. The number of aromatic nitrogens is 2. The van der Waals surface area contributed by atoms with Crippen LogP contribution in [0.1, 0.15) is 105 Å². The van der Waals surface area contributed by atoms with Crippen LogP contribution in [0.3, 0.4) is 0 Å². The minimum atomic E-state index is -2.55. The summed E-state index contributed by atoms with van der Waals surface area (Å²) >= 11 is -2.55. The number of rotatable bonds is 12. The summed E-state index contributed by atoms with van der Waals surface area (Å²) in [7, 11) is 0. The van der Waals surface area contributed by atoms with Gasteiger partial charge in [-0.1, -0.05) is 28.6 Å². The molecule has 9 rings (SSSR count). The quantitative estimate of drug-likeness (QED) is 0.0723. The number of ketones is 1. The van der Waals surface area contributed by atoms with Gasteiger partial charge in [0.25, 0.3) is 5.91 Å². The predicted octanol–water partition coefficient (Wildman–Crippen LogP) is 7.88. The molecule has 5 aromatic rings. The van der Waals surface area contributed by atoms with E-state index in [0.717, 1.165) is 89.6 Å². The SMILES string of the molecule is CC(C)(C)OC(=O)N(c1ccc(F)c(C(=O)c2cn(C(=O)OC(C)(C)C)c3ncc(-c4ccc(CCCN5CCN(c6ccc7c(c6)CN(C6CCC(=O)NC6=O)C7=O)CC5)cc4)cc23)c1F)[S+]([O-])N1CCC(F)C1. The van der Waals surface area contributed by atoms with Crippen molar-refractivity contribution in [2.24, 2.45) is 0 Å². The largest absolute Gasteiger partial charge is 0.573 e. The van der Waals surface area contributed by atoms with Crippen molar-refractivity contribution < 1.29 is 56.0 Å². The second-order valence-corrected chi connectivity index (χ2v) is 22.6. The number of carbonyl (C=O) groups excluding carboxylic acids is 6. The number of pyridine rings is 1. The molecule has 0 bridgehead atoms. The Hall–Kier alpha value is -6.81. The van der Waals surface area contributed by atoms with Crippen LogP contribution in [0.15, 0.2) is 73.1 Å². The van der Waals surface area contributed by atoms with E-state index < -0.39 is 81.7 Å². The third-order valence-electron chi connectivity index (χ3n) is 13.5. The average Bonchev–Trinajstić information content (AvgIpc) is 4.07. The van der Waals surface area contributed by atoms with Gasteiger partial charge in [-0.3, -0.25) is 29.4 Å². The first kappa shape index (κ1) is 53.0. The summed E-state index contributed by atoms with van der Waals surface area (Å²) in [5.74, 6) is -5.00. The van der Waals surface area contributed by atoms with Gasteiger partial charge in [-0.05, 0) is 127 Å². The fourth-order valence-corrected chi connectivity index (χ4v) is 11.0. The van der Waals surface area contributed by atoms with Gasteiger partial charge < -0.3 is 23.8 Å². The zero-order valence-electron chi connectivity index (χ0n) is 42.6.